The molecule has 1 fully saturated rings. The fraction of sp³-hybridized carbons (Fsp3) is 0.429. The first-order chi connectivity index (χ1) is 7.17. The molecule has 0 saturated carbocycles. The highest BCUT2D eigenvalue weighted by Gasteiger charge is 2.17. The predicted octanol–water partition coefficient (Wildman–Crippen LogP) is 2.82. The summed E-state index contributed by atoms with van der Waals surface area (Å²) in [4.78, 5) is 0. The summed E-state index contributed by atoms with van der Waals surface area (Å²) in [6, 6.07) is 0.514. The molecule has 1 nitrogen and oxygen atoms in total. The summed E-state index contributed by atoms with van der Waals surface area (Å²) in [5.74, 6) is 2.77. The number of nitrogens with one attached hydrogen (secondary N) is 1. The summed E-state index contributed by atoms with van der Waals surface area (Å²) in [5, 5.41) is 3.23. The van der Waals surface area contributed by atoms with Gasteiger partial charge in [-0.05, 0) is 26.3 Å². The van der Waals surface area contributed by atoms with E-state index < -0.39 is 0 Å². The fourth-order valence-corrected chi connectivity index (χ4v) is 1.40. The minimum atomic E-state index is 0.514. The molecule has 1 heterocycles. The number of hydrogen-bond acceptors (Lipinski definition) is 1. The molecule has 1 aliphatic rings. The van der Waals surface area contributed by atoms with Gasteiger partial charge in [0.2, 0.25) is 0 Å². The van der Waals surface area contributed by atoms with E-state index in [2.05, 4.69) is 43.3 Å². The second-order valence-electron chi connectivity index (χ2n) is 4.05. The monoisotopic (exact) mass is 201 g/mol. The molecular weight excluding hydrogens is 182 g/mol. The molecule has 0 aliphatic carbocycles. The largest absolute Gasteiger partial charge is 0.307 e. The first-order valence-electron chi connectivity index (χ1n) is 5.37. The zero-order chi connectivity index (χ0) is 11.3. The molecule has 0 radical (unpaired) electrons. The molecule has 1 N–H and O–H groups in total. The Bertz CT molecular complexity index is 342. The van der Waals surface area contributed by atoms with Crippen molar-refractivity contribution in [2.75, 3.05) is 6.54 Å². The Kier molecular flexibility index (Phi) is 4.39. The highest BCUT2D eigenvalue weighted by Crippen LogP contribution is 2.17. The molecule has 1 aliphatic heterocycles. The highest BCUT2D eigenvalue weighted by atomic mass is 15.1. The Labute approximate surface area is 93.0 Å². The van der Waals surface area contributed by atoms with Crippen molar-refractivity contribution in [3.63, 3.8) is 0 Å². The van der Waals surface area contributed by atoms with Gasteiger partial charge < -0.3 is 5.32 Å². The Morgan fingerprint density at radius 1 is 1.53 bits per heavy atom. The first-order valence-corrected chi connectivity index (χ1v) is 5.37. The standard InChI is InChI=1S/C14H19N/c1-5-7-13(11(3)4)8-12(6-2)9-14-10-15-14/h2,5,7,9,14-15H,8,10H2,1,3-4H3/b7-5-,12-9+. The third kappa shape index (κ3) is 4.18. The molecule has 0 bridgehead atoms. The summed E-state index contributed by atoms with van der Waals surface area (Å²) in [6.07, 6.45) is 12.7. The number of allylic oxidation sites excluding steroid dienone is 5. The summed E-state index contributed by atoms with van der Waals surface area (Å²) >= 11 is 0. The average molecular weight is 201 g/mol. The lowest BCUT2D eigenvalue weighted by molar-refractivity contribution is 1.11. The lowest BCUT2D eigenvalue weighted by Gasteiger charge is -2.04. The maximum absolute atomic E-state index is 5.50. The number of hydrogen-bond donors (Lipinski definition) is 1. The predicted molar refractivity (Wildman–Crippen MR) is 66.5 cm³/mol. The Morgan fingerprint density at radius 3 is 2.60 bits per heavy atom. The van der Waals surface area contributed by atoms with Gasteiger partial charge in [-0.3, -0.25) is 0 Å². The van der Waals surface area contributed by atoms with Crippen LogP contribution in [0.5, 0.6) is 0 Å². The van der Waals surface area contributed by atoms with Gasteiger partial charge in [-0.1, -0.05) is 29.7 Å². The third-order valence-corrected chi connectivity index (χ3v) is 2.42. The van der Waals surface area contributed by atoms with Crippen LogP contribution in [0.2, 0.25) is 0 Å². The van der Waals surface area contributed by atoms with E-state index in [-0.39, 0.29) is 0 Å². The lowest BCUT2D eigenvalue weighted by atomic mass is 10.0. The maximum atomic E-state index is 5.50. The molecule has 1 atom stereocenters. The van der Waals surface area contributed by atoms with Gasteiger partial charge in [0.1, 0.15) is 0 Å². The summed E-state index contributed by atoms with van der Waals surface area (Å²) < 4.78 is 0. The van der Waals surface area contributed by atoms with E-state index in [9.17, 15) is 0 Å². The van der Waals surface area contributed by atoms with Crippen molar-refractivity contribution in [1.29, 1.82) is 0 Å². The lowest BCUT2D eigenvalue weighted by Crippen LogP contribution is -1.91. The Hall–Kier alpha value is -1.26. The van der Waals surface area contributed by atoms with Gasteiger partial charge in [0, 0.05) is 24.6 Å². The molecule has 0 aromatic rings. The molecule has 0 aromatic heterocycles. The van der Waals surface area contributed by atoms with E-state index in [0.717, 1.165) is 18.5 Å². The summed E-state index contributed by atoms with van der Waals surface area (Å²) in [5.41, 5.74) is 3.74. The second kappa shape index (κ2) is 5.58. The van der Waals surface area contributed by atoms with Gasteiger partial charge in [-0.15, -0.1) is 6.42 Å². The molecule has 15 heavy (non-hydrogen) atoms. The van der Waals surface area contributed by atoms with E-state index in [0.29, 0.717) is 6.04 Å². The molecule has 0 amide bonds. The third-order valence-electron chi connectivity index (χ3n) is 2.42. The van der Waals surface area contributed by atoms with Crippen molar-refractivity contribution in [3.05, 3.63) is 34.9 Å². The zero-order valence-corrected chi connectivity index (χ0v) is 9.80. The van der Waals surface area contributed by atoms with Crippen LogP contribution in [-0.2, 0) is 0 Å². The highest BCUT2D eigenvalue weighted by molar-refractivity contribution is 5.37. The number of rotatable bonds is 4. The topological polar surface area (TPSA) is 21.9 Å². The van der Waals surface area contributed by atoms with Crippen molar-refractivity contribution in [2.45, 2.75) is 33.2 Å². The molecule has 1 rings (SSSR count). The van der Waals surface area contributed by atoms with Gasteiger partial charge in [0.05, 0.1) is 0 Å². The normalized spacial score (nSPS) is 20.1. The SMILES string of the molecule is C#C/C(=C\C1CN1)CC(/C=C\C)=C(C)C. The molecule has 1 heteroatoms. The maximum Gasteiger partial charge on any atom is 0.0388 e. The first kappa shape index (κ1) is 11.8. The van der Waals surface area contributed by atoms with Crippen LogP contribution in [0, 0.1) is 12.3 Å². The van der Waals surface area contributed by atoms with Crippen LogP contribution < -0.4 is 5.32 Å². The van der Waals surface area contributed by atoms with Crippen molar-refractivity contribution in [2.24, 2.45) is 0 Å². The number of terminal acetylenes is 1. The van der Waals surface area contributed by atoms with Crippen LogP contribution in [0.3, 0.4) is 0 Å². The van der Waals surface area contributed by atoms with E-state index in [1.165, 1.54) is 11.1 Å². The van der Waals surface area contributed by atoms with E-state index in [1.54, 1.807) is 0 Å². The molecular formula is C14H19N. The van der Waals surface area contributed by atoms with Gasteiger partial charge in [-0.2, -0.15) is 0 Å². The van der Waals surface area contributed by atoms with E-state index in [1.807, 2.05) is 6.92 Å². The quantitative estimate of drug-likeness (QED) is 0.421. The van der Waals surface area contributed by atoms with Crippen molar-refractivity contribution < 1.29 is 0 Å². The van der Waals surface area contributed by atoms with E-state index >= 15 is 0 Å². The molecule has 0 spiro atoms. The smallest absolute Gasteiger partial charge is 0.0388 e. The molecule has 80 valence electrons. The van der Waals surface area contributed by atoms with Crippen molar-refractivity contribution >= 4 is 0 Å². The minimum absolute atomic E-state index is 0.514. The molecule has 0 aromatic carbocycles. The van der Waals surface area contributed by atoms with Crippen LogP contribution >= 0.6 is 0 Å². The average Bonchev–Trinajstić information content (AvgIpc) is 2.99. The van der Waals surface area contributed by atoms with Crippen LogP contribution in [0.4, 0.5) is 0 Å². The van der Waals surface area contributed by atoms with Crippen LogP contribution in [0.1, 0.15) is 27.2 Å². The van der Waals surface area contributed by atoms with Crippen LogP contribution in [-0.4, -0.2) is 12.6 Å². The zero-order valence-electron chi connectivity index (χ0n) is 9.80. The van der Waals surface area contributed by atoms with Gasteiger partial charge in [0.25, 0.3) is 0 Å². The van der Waals surface area contributed by atoms with Crippen LogP contribution in [0.15, 0.2) is 34.9 Å². The van der Waals surface area contributed by atoms with Crippen molar-refractivity contribution in [1.82, 2.24) is 5.32 Å². The van der Waals surface area contributed by atoms with Gasteiger partial charge in [0.15, 0.2) is 0 Å². The Balaban J connectivity index is 2.72. The minimum Gasteiger partial charge on any atom is -0.307 e. The molecule has 1 unspecified atom stereocenters. The van der Waals surface area contributed by atoms with Crippen LogP contribution in [0.25, 0.3) is 0 Å². The summed E-state index contributed by atoms with van der Waals surface area (Å²) in [7, 11) is 0. The summed E-state index contributed by atoms with van der Waals surface area (Å²) in [6.45, 7) is 7.35. The second-order valence-corrected chi connectivity index (χ2v) is 4.05. The molecule has 1 saturated heterocycles. The van der Waals surface area contributed by atoms with Gasteiger partial charge in [-0.25, -0.2) is 0 Å². The van der Waals surface area contributed by atoms with Gasteiger partial charge >= 0.3 is 0 Å². The fourth-order valence-electron chi connectivity index (χ4n) is 1.40. The Morgan fingerprint density at radius 2 is 2.20 bits per heavy atom. The van der Waals surface area contributed by atoms with Crippen molar-refractivity contribution in [3.8, 4) is 12.3 Å². The van der Waals surface area contributed by atoms with E-state index in [4.69, 9.17) is 6.42 Å².